The van der Waals surface area contributed by atoms with Crippen molar-refractivity contribution in [3.63, 3.8) is 0 Å². The van der Waals surface area contributed by atoms with Crippen molar-refractivity contribution in [3.05, 3.63) is 47.1 Å². The number of carbonyl (C=O) groups is 4. The first-order chi connectivity index (χ1) is 14.4. The molecule has 0 saturated heterocycles. The predicted octanol–water partition coefficient (Wildman–Crippen LogP) is 4.68. The largest absolute Gasteiger partial charge is 0.269 e. The first kappa shape index (κ1) is 23.6. The summed E-state index contributed by atoms with van der Waals surface area (Å²) in [4.78, 5) is 54.2. The summed E-state index contributed by atoms with van der Waals surface area (Å²) in [5, 5.41) is 0. The van der Waals surface area contributed by atoms with Crippen molar-refractivity contribution in [2.45, 2.75) is 67.7 Å². The molecule has 4 amide bonds. The van der Waals surface area contributed by atoms with Crippen LogP contribution in [-0.4, -0.2) is 23.6 Å². The minimum Gasteiger partial charge on any atom is -0.269 e. The van der Waals surface area contributed by atoms with Gasteiger partial charge in [-0.1, -0.05) is 62.3 Å². The van der Waals surface area contributed by atoms with E-state index in [4.69, 9.17) is 0 Å². The highest BCUT2D eigenvalue weighted by molar-refractivity contribution is 6.32. The smallest absolute Gasteiger partial charge is 0.261 e. The standard InChI is InChI=1S/C26H32N2O4/c1-24(2,3)15-10-16(27-20(29)13-18(22(27)31)25(4,5)6)12-17(11-15)28-21(30)14-19(23(28)32)26(7,8)9/h10-14H,1-9H3. The van der Waals surface area contributed by atoms with Gasteiger partial charge in [-0.05, 0) is 40.0 Å². The lowest BCUT2D eigenvalue weighted by Crippen LogP contribution is -2.35. The van der Waals surface area contributed by atoms with Crippen LogP contribution in [0.2, 0.25) is 0 Å². The molecule has 6 nitrogen and oxygen atoms in total. The third-order valence-electron chi connectivity index (χ3n) is 5.74. The van der Waals surface area contributed by atoms with E-state index in [9.17, 15) is 19.2 Å². The van der Waals surface area contributed by atoms with E-state index in [0.717, 1.165) is 15.4 Å². The number of anilines is 2. The van der Waals surface area contributed by atoms with Gasteiger partial charge in [-0.3, -0.25) is 19.2 Å². The highest BCUT2D eigenvalue weighted by Gasteiger charge is 2.41. The number of hydrogen-bond donors (Lipinski definition) is 0. The van der Waals surface area contributed by atoms with Crippen LogP contribution >= 0.6 is 0 Å². The SMILES string of the molecule is CC(C)(C)C1=CC(=O)N(c2cc(N3C(=O)C=C(C(C)(C)C)C3=O)cc(C(C)(C)C)c2)C1=O. The van der Waals surface area contributed by atoms with Crippen molar-refractivity contribution in [2.24, 2.45) is 10.8 Å². The Morgan fingerprint density at radius 2 is 0.875 bits per heavy atom. The topological polar surface area (TPSA) is 74.8 Å². The third-order valence-corrected chi connectivity index (χ3v) is 5.74. The Hall–Kier alpha value is -3.02. The zero-order chi connectivity index (χ0) is 24.4. The van der Waals surface area contributed by atoms with Crippen LogP contribution in [0.4, 0.5) is 11.4 Å². The summed E-state index contributed by atoms with van der Waals surface area (Å²) in [6.07, 6.45) is 2.74. The van der Waals surface area contributed by atoms with Crippen LogP contribution in [0.15, 0.2) is 41.5 Å². The molecule has 0 fully saturated rings. The van der Waals surface area contributed by atoms with E-state index in [1.165, 1.54) is 12.2 Å². The molecule has 2 heterocycles. The third kappa shape index (κ3) is 4.06. The van der Waals surface area contributed by atoms with Gasteiger partial charge < -0.3 is 0 Å². The molecule has 170 valence electrons. The summed E-state index contributed by atoms with van der Waals surface area (Å²) in [6, 6.07) is 5.13. The van der Waals surface area contributed by atoms with Gasteiger partial charge in [0, 0.05) is 23.3 Å². The zero-order valence-electron chi connectivity index (χ0n) is 20.4. The Balaban J connectivity index is 2.13. The van der Waals surface area contributed by atoms with Gasteiger partial charge in [0.25, 0.3) is 23.6 Å². The second kappa shape index (κ2) is 7.26. The Morgan fingerprint density at radius 3 is 1.12 bits per heavy atom. The number of nitrogens with zero attached hydrogens (tertiary/aromatic N) is 2. The van der Waals surface area contributed by atoms with Gasteiger partial charge in [0.05, 0.1) is 11.4 Å². The molecule has 2 aliphatic heterocycles. The monoisotopic (exact) mass is 436 g/mol. The van der Waals surface area contributed by atoms with Crippen molar-refractivity contribution in [1.29, 1.82) is 0 Å². The molecule has 1 aromatic carbocycles. The van der Waals surface area contributed by atoms with Crippen LogP contribution in [0, 0.1) is 10.8 Å². The molecule has 0 bridgehead atoms. The second-order valence-corrected chi connectivity index (χ2v) is 11.6. The van der Waals surface area contributed by atoms with E-state index in [1.54, 1.807) is 18.2 Å². The van der Waals surface area contributed by atoms with Crippen LogP contribution in [-0.2, 0) is 24.6 Å². The minimum absolute atomic E-state index is 0.344. The van der Waals surface area contributed by atoms with Crippen molar-refractivity contribution in [3.8, 4) is 0 Å². The lowest BCUT2D eigenvalue weighted by atomic mass is 9.85. The molecule has 6 heteroatoms. The van der Waals surface area contributed by atoms with E-state index in [0.29, 0.717) is 22.5 Å². The van der Waals surface area contributed by atoms with Gasteiger partial charge >= 0.3 is 0 Å². The maximum Gasteiger partial charge on any atom is 0.261 e. The quantitative estimate of drug-likeness (QED) is 0.631. The summed E-state index contributed by atoms with van der Waals surface area (Å²) in [5.41, 5.74) is 1.04. The maximum atomic E-state index is 13.1. The summed E-state index contributed by atoms with van der Waals surface area (Å²) in [5.74, 6) is -1.62. The molecular weight excluding hydrogens is 404 g/mol. The van der Waals surface area contributed by atoms with Crippen molar-refractivity contribution in [2.75, 3.05) is 9.80 Å². The second-order valence-electron chi connectivity index (χ2n) is 11.6. The van der Waals surface area contributed by atoms with Gasteiger partial charge in [-0.15, -0.1) is 0 Å². The molecule has 0 aromatic heterocycles. The number of amides is 4. The molecule has 1 aromatic rings. The number of imide groups is 2. The fourth-order valence-corrected chi connectivity index (χ4v) is 3.79. The maximum absolute atomic E-state index is 13.1. The number of benzene rings is 1. The fourth-order valence-electron chi connectivity index (χ4n) is 3.79. The number of rotatable bonds is 2. The molecule has 0 spiro atoms. The van der Waals surface area contributed by atoms with Crippen LogP contribution in [0.25, 0.3) is 0 Å². The Morgan fingerprint density at radius 1 is 0.531 bits per heavy atom. The van der Waals surface area contributed by atoms with Crippen molar-refractivity contribution >= 4 is 35.0 Å². The van der Waals surface area contributed by atoms with E-state index in [-0.39, 0.29) is 17.2 Å². The van der Waals surface area contributed by atoms with Crippen LogP contribution in [0.1, 0.15) is 67.9 Å². The molecule has 0 atom stereocenters. The molecule has 32 heavy (non-hydrogen) atoms. The Kier molecular flexibility index (Phi) is 5.36. The van der Waals surface area contributed by atoms with E-state index in [2.05, 4.69) is 0 Å². The number of hydrogen-bond acceptors (Lipinski definition) is 4. The van der Waals surface area contributed by atoms with Gasteiger partial charge in [0.2, 0.25) is 0 Å². The fraction of sp³-hybridized carbons (Fsp3) is 0.462. The molecule has 0 unspecified atom stereocenters. The van der Waals surface area contributed by atoms with E-state index < -0.39 is 22.6 Å². The highest BCUT2D eigenvalue weighted by atomic mass is 16.2. The van der Waals surface area contributed by atoms with E-state index in [1.807, 2.05) is 62.3 Å². The van der Waals surface area contributed by atoms with Gasteiger partial charge in [0.1, 0.15) is 0 Å². The normalized spacial score (nSPS) is 18.0. The predicted molar refractivity (Wildman–Crippen MR) is 125 cm³/mol. The number of carbonyl (C=O) groups excluding carboxylic acids is 4. The Bertz CT molecular complexity index is 1020. The average Bonchev–Trinajstić information content (AvgIpc) is 3.08. The van der Waals surface area contributed by atoms with Gasteiger partial charge in [-0.25, -0.2) is 9.80 Å². The summed E-state index contributed by atoms with van der Waals surface area (Å²) < 4.78 is 0. The summed E-state index contributed by atoms with van der Waals surface area (Å²) in [6.45, 7) is 17.3. The van der Waals surface area contributed by atoms with Crippen LogP contribution in [0.3, 0.4) is 0 Å². The molecule has 0 aliphatic carbocycles. The lowest BCUT2D eigenvalue weighted by molar-refractivity contribution is -0.122. The molecule has 0 saturated carbocycles. The minimum atomic E-state index is -0.488. The molecule has 0 N–H and O–H groups in total. The highest BCUT2D eigenvalue weighted by Crippen LogP contribution is 2.39. The van der Waals surface area contributed by atoms with Gasteiger partial charge in [0.15, 0.2) is 0 Å². The van der Waals surface area contributed by atoms with Gasteiger partial charge in [-0.2, -0.15) is 0 Å². The van der Waals surface area contributed by atoms with Crippen LogP contribution in [0.5, 0.6) is 0 Å². The van der Waals surface area contributed by atoms with Crippen LogP contribution < -0.4 is 9.80 Å². The molecule has 0 radical (unpaired) electrons. The lowest BCUT2D eigenvalue weighted by Gasteiger charge is -2.27. The van der Waals surface area contributed by atoms with Crippen molar-refractivity contribution < 1.29 is 19.2 Å². The average molecular weight is 437 g/mol. The molecular formula is C26H32N2O4. The summed E-state index contributed by atoms with van der Waals surface area (Å²) in [7, 11) is 0. The Labute approximate surface area is 190 Å². The van der Waals surface area contributed by atoms with E-state index >= 15 is 0 Å². The molecule has 3 rings (SSSR count). The van der Waals surface area contributed by atoms with Crippen molar-refractivity contribution in [1.82, 2.24) is 0 Å². The first-order valence-corrected chi connectivity index (χ1v) is 10.8. The zero-order valence-corrected chi connectivity index (χ0v) is 20.4. The molecule has 2 aliphatic rings. The first-order valence-electron chi connectivity index (χ1n) is 10.8. The summed E-state index contributed by atoms with van der Waals surface area (Å²) >= 11 is 0.